The van der Waals surface area contributed by atoms with Gasteiger partial charge >= 0.3 is 6.18 Å². The Bertz CT molecular complexity index is 730. The summed E-state index contributed by atoms with van der Waals surface area (Å²) in [7, 11) is 0. The van der Waals surface area contributed by atoms with Crippen LogP contribution in [0.3, 0.4) is 0 Å². The molecular formula is C14H7ClF5NO. The molecule has 0 radical (unpaired) electrons. The fourth-order valence-corrected chi connectivity index (χ4v) is 1.92. The zero-order chi connectivity index (χ0) is 16.5. The lowest BCUT2D eigenvalue weighted by Crippen LogP contribution is -2.15. The number of benzene rings is 2. The molecule has 0 aliphatic carbocycles. The van der Waals surface area contributed by atoms with E-state index in [4.69, 9.17) is 11.6 Å². The van der Waals surface area contributed by atoms with E-state index in [9.17, 15) is 26.7 Å². The van der Waals surface area contributed by atoms with Crippen molar-refractivity contribution in [1.29, 1.82) is 0 Å². The summed E-state index contributed by atoms with van der Waals surface area (Å²) in [5, 5.41) is 1.52. The van der Waals surface area contributed by atoms with Crippen LogP contribution >= 0.6 is 11.6 Å². The number of hydrogen-bond acceptors (Lipinski definition) is 1. The summed E-state index contributed by atoms with van der Waals surface area (Å²) < 4.78 is 64.6. The second-order valence-electron chi connectivity index (χ2n) is 4.25. The van der Waals surface area contributed by atoms with Gasteiger partial charge in [0.15, 0.2) is 11.6 Å². The summed E-state index contributed by atoms with van der Waals surface area (Å²) in [4.78, 5) is 11.8. The van der Waals surface area contributed by atoms with Gasteiger partial charge in [0.25, 0.3) is 5.91 Å². The van der Waals surface area contributed by atoms with Crippen molar-refractivity contribution in [3.63, 3.8) is 0 Å². The summed E-state index contributed by atoms with van der Waals surface area (Å²) in [5.74, 6) is -3.70. The van der Waals surface area contributed by atoms with E-state index >= 15 is 0 Å². The molecule has 2 aromatic rings. The Labute approximate surface area is 126 Å². The van der Waals surface area contributed by atoms with E-state index in [0.29, 0.717) is 6.07 Å². The number of alkyl halides is 3. The minimum atomic E-state index is -4.71. The van der Waals surface area contributed by atoms with Crippen LogP contribution in [0.15, 0.2) is 36.4 Å². The van der Waals surface area contributed by atoms with Gasteiger partial charge in [-0.05, 0) is 30.3 Å². The van der Waals surface area contributed by atoms with Crippen molar-refractivity contribution in [1.82, 2.24) is 0 Å². The topological polar surface area (TPSA) is 29.1 Å². The van der Waals surface area contributed by atoms with Crippen LogP contribution in [0, 0.1) is 11.6 Å². The highest BCUT2D eigenvalue weighted by atomic mass is 35.5. The molecule has 2 aromatic carbocycles. The van der Waals surface area contributed by atoms with E-state index in [-0.39, 0.29) is 5.69 Å². The first-order valence-corrected chi connectivity index (χ1v) is 6.20. The van der Waals surface area contributed by atoms with Crippen LogP contribution in [-0.2, 0) is 6.18 Å². The molecule has 8 heteroatoms. The largest absolute Gasteiger partial charge is 0.417 e. The molecule has 0 heterocycles. The second-order valence-corrected chi connectivity index (χ2v) is 4.66. The first kappa shape index (κ1) is 16.2. The van der Waals surface area contributed by atoms with Gasteiger partial charge in [0.1, 0.15) is 0 Å². The average Bonchev–Trinajstić information content (AvgIpc) is 2.42. The second kappa shape index (κ2) is 5.92. The highest BCUT2D eigenvalue weighted by Gasteiger charge is 2.33. The smallest absolute Gasteiger partial charge is 0.322 e. The van der Waals surface area contributed by atoms with Crippen LogP contribution in [0.2, 0.25) is 5.02 Å². The number of rotatable bonds is 2. The summed E-state index contributed by atoms with van der Waals surface area (Å²) in [5.41, 5.74) is -2.01. The van der Waals surface area contributed by atoms with Gasteiger partial charge in [-0.25, -0.2) is 8.78 Å². The first-order chi connectivity index (χ1) is 10.2. The summed E-state index contributed by atoms with van der Waals surface area (Å²) in [6, 6.07) is 5.60. The third kappa shape index (κ3) is 3.36. The lowest BCUT2D eigenvalue weighted by molar-refractivity contribution is -0.137. The fourth-order valence-electron chi connectivity index (χ4n) is 1.70. The van der Waals surface area contributed by atoms with Crippen molar-refractivity contribution in [3.8, 4) is 0 Å². The maximum atomic E-state index is 13.5. The van der Waals surface area contributed by atoms with E-state index in [1.54, 1.807) is 0 Å². The maximum Gasteiger partial charge on any atom is 0.417 e. The minimum Gasteiger partial charge on any atom is -0.322 e. The highest BCUT2D eigenvalue weighted by Crippen LogP contribution is 2.36. The maximum absolute atomic E-state index is 13.5. The Kier molecular flexibility index (Phi) is 4.37. The van der Waals surface area contributed by atoms with Crippen molar-refractivity contribution in [2.24, 2.45) is 0 Å². The number of carbonyl (C=O) groups is 1. The Morgan fingerprint density at radius 1 is 1.09 bits per heavy atom. The van der Waals surface area contributed by atoms with Crippen LogP contribution in [0.5, 0.6) is 0 Å². The van der Waals surface area contributed by atoms with E-state index in [2.05, 4.69) is 5.32 Å². The SMILES string of the molecule is O=C(Nc1ccc(Cl)c(C(F)(F)F)c1)c1cccc(F)c1F. The standard InChI is InChI=1S/C14H7ClF5NO/c15-10-5-4-7(6-9(10)14(18,19)20)21-13(22)8-2-1-3-11(16)12(8)17/h1-6H,(H,21,22). The molecule has 0 saturated carbocycles. The van der Waals surface area contributed by atoms with E-state index < -0.39 is 39.9 Å². The van der Waals surface area contributed by atoms with Crippen LogP contribution in [-0.4, -0.2) is 5.91 Å². The third-order valence-electron chi connectivity index (χ3n) is 2.73. The molecule has 0 aliphatic heterocycles. The molecule has 1 amide bonds. The molecule has 0 saturated heterocycles. The van der Waals surface area contributed by atoms with Gasteiger partial charge in [0, 0.05) is 5.69 Å². The van der Waals surface area contributed by atoms with Crippen molar-refractivity contribution in [2.45, 2.75) is 6.18 Å². The molecule has 1 N–H and O–H groups in total. The van der Waals surface area contributed by atoms with Gasteiger partial charge in [-0.1, -0.05) is 17.7 Å². The average molecular weight is 336 g/mol. The predicted molar refractivity (Wildman–Crippen MR) is 70.8 cm³/mol. The molecule has 116 valence electrons. The van der Waals surface area contributed by atoms with Gasteiger partial charge < -0.3 is 5.32 Å². The van der Waals surface area contributed by atoms with E-state index in [1.165, 1.54) is 0 Å². The quantitative estimate of drug-likeness (QED) is 0.778. The lowest BCUT2D eigenvalue weighted by atomic mass is 10.1. The summed E-state index contributed by atoms with van der Waals surface area (Å²) >= 11 is 5.44. The monoisotopic (exact) mass is 335 g/mol. The zero-order valence-electron chi connectivity index (χ0n) is 10.6. The Hall–Kier alpha value is -2.15. The Morgan fingerprint density at radius 2 is 1.77 bits per heavy atom. The number of carbonyl (C=O) groups excluding carboxylic acids is 1. The Balaban J connectivity index is 2.31. The zero-order valence-corrected chi connectivity index (χ0v) is 11.4. The fraction of sp³-hybridized carbons (Fsp3) is 0.0714. The molecule has 22 heavy (non-hydrogen) atoms. The van der Waals surface area contributed by atoms with E-state index in [0.717, 1.165) is 30.3 Å². The first-order valence-electron chi connectivity index (χ1n) is 5.82. The van der Waals surface area contributed by atoms with Crippen molar-refractivity contribution >= 4 is 23.2 Å². The van der Waals surface area contributed by atoms with Crippen LogP contribution < -0.4 is 5.32 Å². The van der Waals surface area contributed by atoms with Crippen molar-refractivity contribution in [3.05, 3.63) is 64.2 Å². The van der Waals surface area contributed by atoms with Gasteiger partial charge in [-0.2, -0.15) is 13.2 Å². The van der Waals surface area contributed by atoms with Crippen LogP contribution in [0.25, 0.3) is 0 Å². The van der Waals surface area contributed by atoms with Gasteiger partial charge in [0.05, 0.1) is 16.1 Å². The molecule has 2 nitrogen and oxygen atoms in total. The lowest BCUT2D eigenvalue weighted by Gasteiger charge is -2.12. The number of halogens is 6. The molecular weight excluding hydrogens is 329 g/mol. The molecule has 0 aromatic heterocycles. The summed E-state index contributed by atoms with van der Waals surface area (Å²) in [6.45, 7) is 0. The molecule has 0 atom stereocenters. The minimum absolute atomic E-state index is 0.245. The molecule has 0 unspecified atom stereocenters. The van der Waals surface area contributed by atoms with E-state index in [1.807, 2.05) is 0 Å². The molecule has 0 spiro atoms. The molecule has 2 rings (SSSR count). The van der Waals surface area contributed by atoms with Gasteiger partial charge in [-0.3, -0.25) is 4.79 Å². The van der Waals surface area contributed by atoms with Crippen LogP contribution in [0.4, 0.5) is 27.6 Å². The summed E-state index contributed by atoms with van der Waals surface area (Å²) in [6.07, 6.45) is -4.71. The molecule has 0 bridgehead atoms. The molecule has 0 aliphatic rings. The van der Waals surface area contributed by atoms with Crippen LogP contribution in [0.1, 0.15) is 15.9 Å². The van der Waals surface area contributed by atoms with Crippen molar-refractivity contribution in [2.75, 3.05) is 5.32 Å². The predicted octanol–water partition coefficient (Wildman–Crippen LogP) is 4.89. The highest BCUT2D eigenvalue weighted by molar-refractivity contribution is 6.31. The number of anilines is 1. The van der Waals surface area contributed by atoms with Gasteiger partial charge in [0.2, 0.25) is 0 Å². The number of amides is 1. The Morgan fingerprint density at radius 3 is 2.41 bits per heavy atom. The normalized spacial score (nSPS) is 11.4. The van der Waals surface area contributed by atoms with Gasteiger partial charge in [-0.15, -0.1) is 0 Å². The van der Waals surface area contributed by atoms with Crippen molar-refractivity contribution < 1.29 is 26.7 Å². The molecule has 0 fully saturated rings. The number of nitrogens with one attached hydrogen (secondary N) is 1. The number of hydrogen-bond donors (Lipinski definition) is 1. The third-order valence-corrected chi connectivity index (χ3v) is 3.06.